The minimum atomic E-state index is -0.244. The molecule has 9 nitrogen and oxygen atoms in total. The Balaban J connectivity index is 2.04. The number of hydrogen-bond donors (Lipinski definition) is 3. The highest BCUT2D eigenvalue weighted by Gasteiger charge is 2.23. The maximum absolute atomic E-state index is 12.8. The topological polar surface area (TPSA) is 140 Å². The van der Waals surface area contributed by atoms with Crippen molar-refractivity contribution in [3.05, 3.63) is 29.3 Å². The van der Waals surface area contributed by atoms with E-state index in [1.165, 1.54) is 0 Å². The molecule has 1 atom stereocenters. The number of rotatable bonds is 8. The van der Waals surface area contributed by atoms with E-state index < -0.39 is 0 Å². The largest absolute Gasteiger partial charge is 0.368 e. The van der Waals surface area contributed by atoms with Crippen molar-refractivity contribution in [1.29, 1.82) is 0 Å². The number of amides is 2. The molecule has 0 radical (unpaired) electrons. The van der Waals surface area contributed by atoms with Gasteiger partial charge in [0.2, 0.25) is 23.7 Å². The van der Waals surface area contributed by atoms with E-state index in [9.17, 15) is 9.59 Å². The van der Waals surface area contributed by atoms with Crippen LogP contribution in [0.4, 0.5) is 17.6 Å². The lowest BCUT2D eigenvalue weighted by atomic mass is 10.1. The molecule has 10 heteroatoms. The molecule has 1 heterocycles. The highest BCUT2D eigenvalue weighted by atomic mass is 32.2. The molecule has 2 amide bonds. The second-order valence-electron chi connectivity index (χ2n) is 6.70. The van der Waals surface area contributed by atoms with Gasteiger partial charge in [0.25, 0.3) is 0 Å². The number of carbonyl (C=O) groups excluding carboxylic acids is 2. The maximum atomic E-state index is 12.8. The number of aryl methyl sites for hydroxylation is 1. The van der Waals surface area contributed by atoms with E-state index in [2.05, 4.69) is 20.3 Å². The number of nitrogens with two attached hydrogens (primary N) is 2. The van der Waals surface area contributed by atoms with Gasteiger partial charge in [0.15, 0.2) is 5.16 Å². The lowest BCUT2D eigenvalue weighted by molar-refractivity contribution is -0.134. The third-order valence-electron chi connectivity index (χ3n) is 4.61. The maximum Gasteiger partial charge on any atom is 0.244 e. The Kier molecular flexibility index (Phi) is 7.77. The Labute approximate surface area is 174 Å². The summed E-state index contributed by atoms with van der Waals surface area (Å²) in [5.41, 5.74) is 13.9. The van der Waals surface area contributed by atoms with Crippen LogP contribution in [0, 0.1) is 13.8 Å². The lowest BCUT2D eigenvalue weighted by Crippen LogP contribution is -2.44. The zero-order valence-corrected chi connectivity index (χ0v) is 17.9. The normalized spacial score (nSPS) is 11.7. The summed E-state index contributed by atoms with van der Waals surface area (Å²) in [6.45, 7) is 7.77. The summed E-state index contributed by atoms with van der Waals surface area (Å²) in [6, 6.07) is 5.62. The molecule has 0 fully saturated rings. The Morgan fingerprint density at radius 2 is 1.83 bits per heavy atom. The predicted octanol–water partition coefficient (Wildman–Crippen LogP) is 2.01. The number of nitrogens with one attached hydrogen (secondary N) is 1. The van der Waals surface area contributed by atoms with E-state index in [0.717, 1.165) is 35.0 Å². The van der Waals surface area contributed by atoms with Crippen LogP contribution in [0.1, 0.15) is 31.4 Å². The molecule has 0 bridgehead atoms. The first-order valence-corrected chi connectivity index (χ1v) is 10.2. The van der Waals surface area contributed by atoms with E-state index in [0.29, 0.717) is 0 Å². The Morgan fingerprint density at radius 1 is 1.17 bits per heavy atom. The molecule has 2 aromatic rings. The summed E-state index contributed by atoms with van der Waals surface area (Å²) < 4.78 is 0. The highest BCUT2D eigenvalue weighted by molar-refractivity contribution is 7.99. The summed E-state index contributed by atoms with van der Waals surface area (Å²) in [5.74, 6) is -0.383. The average Bonchev–Trinajstić information content (AvgIpc) is 2.66. The Hall–Kier alpha value is -2.88. The second-order valence-corrected chi connectivity index (χ2v) is 7.64. The van der Waals surface area contributed by atoms with Gasteiger partial charge in [-0.15, -0.1) is 0 Å². The number of thioether (sulfide) groups is 1. The zero-order chi connectivity index (χ0) is 21.6. The van der Waals surface area contributed by atoms with Crippen molar-refractivity contribution in [2.45, 2.75) is 45.3 Å². The molecule has 0 spiro atoms. The molecule has 0 saturated heterocycles. The van der Waals surface area contributed by atoms with Gasteiger partial charge in [0, 0.05) is 11.7 Å². The number of nitrogen functional groups attached to an aromatic ring is 2. The summed E-state index contributed by atoms with van der Waals surface area (Å²) in [5, 5.41) is 3.17. The predicted molar refractivity (Wildman–Crippen MR) is 115 cm³/mol. The quantitative estimate of drug-likeness (QED) is 0.554. The van der Waals surface area contributed by atoms with Gasteiger partial charge in [0.05, 0.1) is 5.75 Å². The number of aromatic nitrogens is 3. The minimum absolute atomic E-state index is 0.000802. The fraction of sp³-hybridized carbons (Fsp3) is 0.421. The molecule has 2 rings (SSSR count). The number of anilines is 3. The first kappa shape index (κ1) is 22.4. The van der Waals surface area contributed by atoms with E-state index in [-0.39, 0.29) is 47.2 Å². The van der Waals surface area contributed by atoms with E-state index >= 15 is 0 Å². The molecule has 29 heavy (non-hydrogen) atoms. The molecular weight excluding hydrogens is 390 g/mol. The van der Waals surface area contributed by atoms with Gasteiger partial charge < -0.3 is 21.7 Å². The van der Waals surface area contributed by atoms with Crippen molar-refractivity contribution < 1.29 is 9.59 Å². The van der Waals surface area contributed by atoms with Gasteiger partial charge in [-0.05, 0) is 44.4 Å². The molecule has 156 valence electrons. The molecule has 1 aromatic carbocycles. The van der Waals surface area contributed by atoms with Gasteiger partial charge in [-0.1, -0.05) is 30.8 Å². The second kappa shape index (κ2) is 10.1. The van der Waals surface area contributed by atoms with Crippen LogP contribution in [0.5, 0.6) is 0 Å². The summed E-state index contributed by atoms with van der Waals surface area (Å²) in [7, 11) is 0. The van der Waals surface area contributed by atoms with E-state index in [1.54, 1.807) is 4.90 Å². The van der Waals surface area contributed by atoms with Gasteiger partial charge >= 0.3 is 0 Å². The van der Waals surface area contributed by atoms with Crippen molar-refractivity contribution in [1.82, 2.24) is 19.9 Å². The molecule has 1 aromatic heterocycles. The lowest BCUT2D eigenvalue weighted by Gasteiger charge is -2.28. The number of benzene rings is 1. The number of hydrogen-bond acceptors (Lipinski definition) is 8. The van der Waals surface area contributed by atoms with Gasteiger partial charge in [-0.3, -0.25) is 9.59 Å². The van der Waals surface area contributed by atoms with Crippen LogP contribution in [0.15, 0.2) is 23.4 Å². The van der Waals surface area contributed by atoms with Crippen LogP contribution in [0.25, 0.3) is 0 Å². The SMILES string of the molecule is CC[C@H](C)N(CC(=O)Nc1cccc(C)c1C)C(=O)CSc1nc(N)nc(N)n1. The molecule has 5 N–H and O–H groups in total. The van der Waals surface area contributed by atoms with Crippen molar-refractivity contribution in [3.63, 3.8) is 0 Å². The minimum Gasteiger partial charge on any atom is -0.368 e. The van der Waals surface area contributed by atoms with Crippen LogP contribution >= 0.6 is 11.8 Å². The van der Waals surface area contributed by atoms with Crippen molar-refractivity contribution in [2.24, 2.45) is 0 Å². The number of nitrogens with zero attached hydrogens (tertiary/aromatic N) is 4. The molecule has 0 aliphatic heterocycles. The summed E-state index contributed by atoms with van der Waals surface area (Å²) >= 11 is 1.10. The highest BCUT2D eigenvalue weighted by Crippen LogP contribution is 2.19. The Bertz CT molecular complexity index is 871. The molecule has 0 unspecified atom stereocenters. The fourth-order valence-electron chi connectivity index (χ4n) is 2.60. The third kappa shape index (κ3) is 6.31. The van der Waals surface area contributed by atoms with Gasteiger partial charge in [-0.25, -0.2) is 0 Å². The molecule has 0 saturated carbocycles. The average molecular weight is 418 g/mol. The van der Waals surface area contributed by atoms with Crippen LogP contribution in [-0.4, -0.2) is 50.0 Å². The van der Waals surface area contributed by atoms with Crippen LogP contribution in [-0.2, 0) is 9.59 Å². The third-order valence-corrected chi connectivity index (χ3v) is 5.44. The zero-order valence-electron chi connectivity index (χ0n) is 17.1. The monoisotopic (exact) mass is 417 g/mol. The van der Waals surface area contributed by atoms with Gasteiger partial charge in [0.1, 0.15) is 6.54 Å². The van der Waals surface area contributed by atoms with E-state index in [4.69, 9.17) is 11.5 Å². The first-order chi connectivity index (χ1) is 13.7. The van der Waals surface area contributed by atoms with E-state index in [1.807, 2.05) is 45.9 Å². The van der Waals surface area contributed by atoms with Crippen molar-refractivity contribution in [2.75, 3.05) is 29.1 Å². The van der Waals surface area contributed by atoms with Crippen LogP contribution in [0.2, 0.25) is 0 Å². The first-order valence-electron chi connectivity index (χ1n) is 9.26. The number of carbonyl (C=O) groups is 2. The van der Waals surface area contributed by atoms with Crippen LogP contribution in [0.3, 0.4) is 0 Å². The smallest absolute Gasteiger partial charge is 0.244 e. The van der Waals surface area contributed by atoms with Crippen molar-refractivity contribution in [3.8, 4) is 0 Å². The molecule has 0 aliphatic carbocycles. The molecular formula is C19H27N7O2S. The Morgan fingerprint density at radius 3 is 2.45 bits per heavy atom. The molecule has 0 aliphatic rings. The van der Waals surface area contributed by atoms with Crippen molar-refractivity contribution >= 4 is 41.2 Å². The summed E-state index contributed by atoms with van der Waals surface area (Å²) in [4.78, 5) is 38.6. The van der Waals surface area contributed by atoms with Crippen LogP contribution < -0.4 is 16.8 Å². The fourth-order valence-corrected chi connectivity index (χ4v) is 3.34. The summed E-state index contributed by atoms with van der Waals surface area (Å²) in [6.07, 6.45) is 0.721. The van der Waals surface area contributed by atoms with Gasteiger partial charge in [-0.2, -0.15) is 15.0 Å². The standard InChI is InChI=1S/C19H27N7O2S/c1-5-12(3)26(9-15(27)22-14-8-6-7-11(2)13(14)4)16(28)10-29-19-24-17(20)23-18(21)25-19/h6-8,12H,5,9-10H2,1-4H3,(H,22,27)(H4,20,21,23,24,25)/t12-/m0/s1.